The summed E-state index contributed by atoms with van der Waals surface area (Å²) < 4.78 is 53.3. The molecule has 1 atom stereocenters. The van der Waals surface area contributed by atoms with Gasteiger partial charge in [-0.05, 0) is 69.5 Å². The largest absolute Gasteiger partial charge is 0.419 e. The molecule has 1 saturated heterocycles. The van der Waals surface area contributed by atoms with Crippen LogP contribution >= 0.6 is 0 Å². The number of halogens is 4. The van der Waals surface area contributed by atoms with Crippen LogP contribution in [0.2, 0.25) is 0 Å². The van der Waals surface area contributed by atoms with E-state index < -0.39 is 23.6 Å². The molecule has 0 bridgehead atoms. The molecule has 0 radical (unpaired) electrons. The van der Waals surface area contributed by atoms with E-state index in [9.17, 15) is 22.4 Å². The summed E-state index contributed by atoms with van der Waals surface area (Å²) in [5.41, 5.74) is 0.911. The lowest BCUT2D eigenvalue weighted by molar-refractivity contribution is -0.140. The molecule has 2 N–H and O–H groups in total. The van der Waals surface area contributed by atoms with E-state index in [1.54, 1.807) is 11.1 Å². The Morgan fingerprint density at radius 3 is 2.57 bits per heavy atom. The summed E-state index contributed by atoms with van der Waals surface area (Å²) in [5.74, 6) is -0.789. The van der Waals surface area contributed by atoms with Gasteiger partial charge in [-0.2, -0.15) is 13.2 Å². The average Bonchev–Trinajstić information content (AvgIpc) is 3.32. The lowest BCUT2D eigenvalue weighted by atomic mass is 10.0. The van der Waals surface area contributed by atoms with Crippen molar-refractivity contribution < 1.29 is 22.4 Å². The van der Waals surface area contributed by atoms with Gasteiger partial charge >= 0.3 is 12.2 Å². The quantitative estimate of drug-likeness (QED) is 0.584. The van der Waals surface area contributed by atoms with Crippen molar-refractivity contribution in [2.24, 2.45) is 0 Å². The predicted molar refractivity (Wildman–Crippen MR) is 123 cm³/mol. The van der Waals surface area contributed by atoms with Crippen LogP contribution < -0.4 is 10.6 Å². The molecule has 7 nitrogen and oxygen atoms in total. The molecule has 1 aromatic heterocycles. The third-order valence-electron chi connectivity index (χ3n) is 6.36. The fourth-order valence-electron chi connectivity index (χ4n) is 4.58. The van der Waals surface area contributed by atoms with Crippen LogP contribution in [0.3, 0.4) is 0 Å². The molecule has 0 saturated carbocycles. The van der Waals surface area contributed by atoms with Crippen molar-refractivity contribution in [1.29, 1.82) is 0 Å². The number of hydrogen-bond donors (Lipinski definition) is 2. The van der Waals surface area contributed by atoms with Crippen molar-refractivity contribution in [3.8, 4) is 0 Å². The van der Waals surface area contributed by atoms with Crippen molar-refractivity contribution in [2.75, 3.05) is 31.5 Å². The third-order valence-corrected chi connectivity index (χ3v) is 6.36. The molecule has 0 spiro atoms. The molecule has 0 unspecified atom stereocenters. The van der Waals surface area contributed by atoms with Gasteiger partial charge < -0.3 is 15.5 Å². The number of aromatic nitrogens is 2. The molecular weight excluding hydrogens is 464 g/mol. The van der Waals surface area contributed by atoms with Gasteiger partial charge in [-0.1, -0.05) is 6.07 Å². The number of fused-ring (bicyclic) bond motifs is 1. The highest BCUT2D eigenvalue weighted by Crippen LogP contribution is 2.34. The molecule has 3 heterocycles. The first kappa shape index (κ1) is 25.2. The number of rotatable bonds is 6. The van der Waals surface area contributed by atoms with Gasteiger partial charge in [-0.3, -0.25) is 4.90 Å². The van der Waals surface area contributed by atoms with Crippen LogP contribution in [-0.2, 0) is 19.1 Å². The lowest BCUT2D eigenvalue weighted by Crippen LogP contribution is -2.46. The first-order valence-corrected chi connectivity index (χ1v) is 11.9. The van der Waals surface area contributed by atoms with Crippen molar-refractivity contribution in [1.82, 2.24) is 25.1 Å². The first-order valence-electron chi connectivity index (χ1n) is 11.9. The van der Waals surface area contributed by atoms with Crippen LogP contribution in [0.25, 0.3) is 0 Å². The van der Waals surface area contributed by atoms with Crippen molar-refractivity contribution >= 4 is 12.0 Å². The number of likely N-dealkylation sites (tertiary alicyclic amines) is 1. The van der Waals surface area contributed by atoms with E-state index >= 15 is 0 Å². The number of carbonyl (C=O) groups is 1. The Hall–Kier alpha value is -2.95. The maximum Gasteiger partial charge on any atom is 0.419 e. The Labute approximate surface area is 201 Å². The van der Waals surface area contributed by atoms with E-state index in [1.807, 2.05) is 13.8 Å². The van der Waals surface area contributed by atoms with E-state index in [0.717, 1.165) is 49.3 Å². The number of carbonyl (C=O) groups excluding carboxylic acids is 1. The number of urea groups is 1. The number of hydrogen-bond acceptors (Lipinski definition) is 5. The molecule has 4 rings (SSSR count). The van der Waals surface area contributed by atoms with Crippen molar-refractivity contribution in [2.45, 2.75) is 57.9 Å². The van der Waals surface area contributed by atoms with Crippen LogP contribution in [0, 0.1) is 5.82 Å². The Morgan fingerprint density at radius 1 is 1.17 bits per heavy atom. The van der Waals surface area contributed by atoms with E-state index in [2.05, 4.69) is 25.5 Å². The van der Waals surface area contributed by atoms with Gasteiger partial charge in [0.2, 0.25) is 5.95 Å². The Morgan fingerprint density at radius 2 is 1.91 bits per heavy atom. The highest BCUT2D eigenvalue weighted by molar-refractivity contribution is 5.74. The maximum absolute atomic E-state index is 14.3. The fourth-order valence-corrected chi connectivity index (χ4v) is 4.58. The zero-order valence-corrected chi connectivity index (χ0v) is 19.8. The molecule has 2 amide bonds. The zero-order chi connectivity index (χ0) is 25.2. The van der Waals surface area contributed by atoms with Gasteiger partial charge in [-0.25, -0.2) is 19.2 Å². The van der Waals surface area contributed by atoms with Crippen LogP contribution in [0.5, 0.6) is 0 Å². The minimum absolute atomic E-state index is 0.164. The molecule has 1 fully saturated rings. The molecule has 2 aromatic rings. The van der Waals surface area contributed by atoms with Crippen molar-refractivity contribution in [3.63, 3.8) is 0 Å². The molecular formula is C24H30F4N6O. The van der Waals surface area contributed by atoms with E-state index in [1.165, 1.54) is 6.07 Å². The van der Waals surface area contributed by atoms with Gasteiger partial charge in [-0.15, -0.1) is 0 Å². The second-order valence-corrected chi connectivity index (χ2v) is 9.32. The number of alkyl halides is 3. The molecule has 190 valence electrons. The maximum atomic E-state index is 14.3. The summed E-state index contributed by atoms with van der Waals surface area (Å²) in [6.07, 6.45) is -0.445. The monoisotopic (exact) mass is 494 g/mol. The molecule has 11 heteroatoms. The van der Waals surface area contributed by atoms with Crippen LogP contribution in [-0.4, -0.2) is 58.0 Å². The minimum atomic E-state index is -4.75. The number of nitrogens with zero attached hydrogens (tertiary/aromatic N) is 4. The van der Waals surface area contributed by atoms with Gasteiger partial charge in [0.1, 0.15) is 5.82 Å². The zero-order valence-electron chi connectivity index (χ0n) is 19.8. The Balaban J connectivity index is 1.45. The number of amides is 2. The smallest absolute Gasteiger partial charge is 0.352 e. The summed E-state index contributed by atoms with van der Waals surface area (Å²) in [5, 5.41) is 6.07. The van der Waals surface area contributed by atoms with E-state index in [0.29, 0.717) is 31.0 Å². The molecule has 0 aliphatic carbocycles. The standard InChI is InChI=1S/C24H30F4N6O/c1-15(2)31-22-29-12-17-7-10-34(14-20(17)32-22)23(35)30-13-21(33-8-3-4-9-33)16-5-6-18(19(25)11-16)24(26,27)28/h5-6,11-12,15,21H,3-4,7-10,13-14H2,1-2H3,(H,30,35)(H,29,31,32)/t21-/m1/s1. The van der Waals surface area contributed by atoms with Crippen LogP contribution in [0.15, 0.2) is 24.4 Å². The molecule has 1 aromatic carbocycles. The highest BCUT2D eigenvalue weighted by atomic mass is 19.4. The van der Waals surface area contributed by atoms with E-state index in [-0.39, 0.29) is 18.6 Å². The van der Waals surface area contributed by atoms with E-state index in [4.69, 9.17) is 0 Å². The van der Waals surface area contributed by atoms with Gasteiger partial charge in [0.15, 0.2) is 0 Å². The Bertz CT molecular complexity index is 1050. The second-order valence-electron chi connectivity index (χ2n) is 9.32. The predicted octanol–water partition coefficient (Wildman–Crippen LogP) is 4.36. The molecule has 2 aliphatic rings. The first-order chi connectivity index (χ1) is 16.6. The van der Waals surface area contributed by atoms with Gasteiger partial charge in [0, 0.05) is 25.3 Å². The molecule has 35 heavy (non-hydrogen) atoms. The Kier molecular flexibility index (Phi) is 7.44. The third kappa shape index (κ3) is 6.01. The lowest BCUT2D eigenvalue weighted by Gasteiger charge is -2.31. The van der Waals surface area contributed by atoms with Gasteiger partial charge in [0.25, 0.3) is 0 Å². The summed E-state index contributed by atoms with van der Waals surface area (Å²) in [6.45, 7) is 6.45. The number of anilines is 1. The summed E-state index contributed by atoms with van der Waals surface area (Å²) in [7, 11) is 0. The summed E-state index contributed by atoms with van der Waals surface area (Å²) >= 11 is 0. The number of benzene rings is 1. The minimum Gasteiger partial charge on any atom is -0.352 e. The number of nitrogens with one attached hydrogen (secondary N) is 2. The summed E-state index contributed by atoms with van der Waals surface area (Å²) in [6, 6.07) is 2.49. The van der Waals surface area contributed by atoms with Crippen LogP contribution in [0.1, 0.15) is 55.1 Å². The highest BCUT2D eigenvalue weighted by Gasteiger charge is 2.35. The average molecular weight is 495 g/mol. The fraction of sp³-hybridized carbons (Fsp3) is 0.542. The van der Waals surface area contributed by atoms with Crippen LogP contribution in [0.4, 0.5) is 28.3 Å². The molecule has 2 aliphatic heterocycles. The van der Waals surface area contributed by atoms with Crippen molar-refractivity contribution in [3.05, 3.63) is 52.6 Å². The summed E-state index contributed by atoms with van der Waals surface area (Å²) in [4.78, 5) is 25.6. The second kappa shape index (κ2) is 10.3. The van der Waals surface area contributed by atoms with Gasteiger partial charge in [0.05, 0.1) is 23.8 Å². The topological polar surface area (TPSA) is 73.4 Å². The normalized spacial score (nSPS) is 17.4. The SMILES string of the molecule is CC(C)Nc1ncc2c(n1)CN(C(=O)NC[C@H](c1ccc(C(F)(F)F)c(F)c1)N1CCCC1)CC2.